The highest BCUT2D eigenvalue weighted by Crippen LogP contribution is 2.20. The van der Waals surface area contributed by atoms with Gasteiger partial charge in [-0.05, 0) is 19.1 Å². The van der Waals surface area contributed by atoms with Crippen LogP contribution in [-0.2, 0) is 21.3 Å². The SMILES string of the molecule is COC(=O)c1cc(C[NH+]2CCN(S(=O)(=O)c3ccccc3C#N)CC2)oc1C. The molecule has 0 atom stereocenters. The van der Waals surface area contributed by atoms with Crippen molar-refractivity contribution in [3.8, 4) is 6.07 Å². The number of esters is 1. The zero-order chi connectivity index (χ0) is 20.3. The normalized spacial score (nSPS) is 15.9. The first-order valence-corrected chi connectivity index (χ1v) is 10.3. The lowest BCUT2D eigenvalue weighted by Gasteiger charge is -2.31. The number of methoxy groups -OCH3 is 1. The van der Waals surface area contributed by atoms with Crippen LogP contribution >= 0.6 is 0 Å². The molecule has 148 valence electrons. The van der Waals surface area contributed by atoms with Gasteiger partial charge >= 0.3 is 5.97 Å². The molecule has 2 aromatic rings. The van der Waals surface area contributed by atoms with Crippen molar-refractivity contribution in [3.05, 3.63) is 53.0 Å². The Bertz CT molecular complexity index is 1010. The van der Waals surface area contributed by atoms with Gasteiger partial charge in [0.05, 0.1) is 43.7 Å². The molecule has 3 rings (SSSR count). The highest BCUT2D eigenvalue weighted by atomic mass is 32.2. The summed E-state index contributed by atoms with van der Waals surface area (Å²) in [5, 5.41) is 9.19. The number of furan rings is 1. The van der Waals surface area contributed by atoms with Crippen molar-refractivity contribution < 1.29 is 27.3 Å². The number of nitrogens with zero attached hydrogens (tertiary/aromatic N) is 2. The Kier molecular flexibility index (Phi) is 5.84. The van der Waals surface area contributed by atoms with Gasteiger partial charge in [-0.3, -0.25) is 0 Å². The predicted molar refractivity (Wildman–Crippen MR) is 99.1 cm³/mol. The number of benzene rings is 1. The first-order chi connectivity index (χ1) is 13.4. The maximum absolute atomic E-state index is 12.9. The van der Waals surface area contributed by atoms with E-state index in [4.69, 9.17) is 9.15 Å². The number of rotatable bonds is 5. The average Bonchev–Trinajstić information content (AvgIpc) is 3.07. The van der Waals surface area contributed by atoms with Crippen LogP contribution in [0.2, 0.25) is 0 Å². The van der Waals surface area contributed by atoms with Crippen molar-refractivity contribution in [2.45, 2.75) is 18.4 Å². The Balaban J connectivity index is 1.66. The molecule has 1 aromatic carbocycles. The third-order valence-electron chi connectivity index (χ3n) is 4.85. The summed E-state index contributed by atoms with van der Waals surface area (Å²) in [6.07, 6.45) is 0. The second-order valence-electron chi connectivity index (χ2n) is 6.61. The van der Waals surface area contributed by atoms with E-state index in [0.717, 1.165) is 4.90 Å². The van der Waals surface area contributed by atoms with Gasteiger partial charge in [0.2, 0.25) is 10.0 Å². The van der Waals surface area contributed by atoms with Crippen LogP contribution in [0.25, 0.3) is 0 Å². The van der Waals surface area contributed by atoms with Gasteiger partial charge in [0.25, 0.3) is 0 Å². The summed E-state index contributed by atoms with van der Waals surface area (Å²) >= 11 is 0. The zero-order valence-electron chi connectivity index (χ0n) is 15.8. The average molecular weight is 404 g/mol. The van der Waals surface area contributed by atoms with Crippen LogP contribution in [0, 0.1) is 18.3 Å². The molecule has 0 aliphatic carbocycles. The fraction of sp³-hybridized carbons (Fsp3) is 0.368. The molecule has 0 spiro atoms. The first kappa shape index (κ1) is 20.1. The second-order valence-corrected chi connectivity index (χ2v) is 8.52. The highest BCUT2D eigenvalue weighted by molar-refractivity contribution is 7.89. The predicted octanol–water partition coefficient (Wildman–Crippen LogP) is 0.336. The smallest absolute Gasteiger partial charge is 0.341 e. The molecule has 0 amide bonds. The first-order valence-electron chi connectivity index (χ1n) is 8.87. The van der Waals surface area contributed by atoms with Crippen LogP contribution in [-0.4, -0.2) is 52.0 Å². The third-order valence-corrected chi connectivity index (χ3v) is 6.81. The number of carbonyl (C=O) groups excluding carboxylic acids is 1. The van der Waals surface area contributed by atoms with E-state index in [-0.39, 0.29) is 10.5 Å². The lowest BCUT2D eigenvalue weighted by molar-refractivity contribution is -0.918. The molecular formula is C19H22N3O5S+. The Hall–Kier alpha value is -2.67. The molecule has 28 heavy (non-hydrogen) atoms. The summed E-state index contributed by atoms with van der Waals surface area (Å²) in [4.78, 5) is 12.9. The molecule has 1 saturated heterocycles. The molecule has 0 bridgehead atoms. The van der Waals surface area contributed by atoms with Gasteiger partial charge in [0.15, 0.2) is 5.76 Å². The fourth-order valence-electron chi connectivity index (χ4n) is 3.33. The fourth-order valence-corrected chi connectivity index (χ4v) is 4.92. The van der Waals surface area contributed by atoms with E-state index in [9.17, 15) is 18.5 Å². The van der Waals surface area contributed by atoms with Crippen LogP contribution in [0.5, 0.6) is 0 Å². The quantitative estimate of drug-likeness (QED) is 0.721. The van der Waals surface area contributed by atoms with Crippen LogP contribution in [0.3, 0.4) is 0 Å². The maximum atomic E-state index is 12.9. The van der Waals surface area contributed by atoms with E-state index in [1.165, 1.54) is 23.5 Å². The van der Waals surface area contributed by atoms with Crippen molar-refractivity contribution in [2.24, 2.45) is 0 Å². The molecule has 1 fully saturated rings. The lowest BCUT2D eigenvalue weighted by atomic mass is 10.2. The molecule has 2 heterocycles. The van der Waals surface area contributed by atoms with Gasteiger partial charge in [0, 0.05) is 6.07 Å². The van der Waals surface area contributed by atoms with Gasteiger partial charge in [-0.25, -0.2) is 13.2 Å². The number of piperazine rings is 1. The van der Waals surface area contributed by atoms with Gasteiger partial charge in [-0.1, -0.05) is 12.1 Å². The molecule has 0 radical (unpaired) electrons. The number of sulfonamides is 1. The zero-order valence-corrected chi connectivity index (χ0v) is 16.6. The van der Waals surface area contributed by atoms with Crippen molar-refractivity contribution in [3.63, 3.8) is 0 Å². The van der Waals surface area contributed by atoms with Crippen LogP contribution in [0.4, 0.5) is 0 Å². The number of quaternary nitrogens is 1. The van der Waals surface area contributed by atoms with Crippen molar-refractivity contribution in [1.29, 1.82) is 5.26 Å². The van der Waals surface area contributed by atoms with Gasteiger partial charge < -0.3 is 14.1 Å². The van der Waals surface area contributed by atoms with E-state index in [1.807, 2.05) is 6.07 Å². The monoisotopic (exact) mass is 404 g/mol. The third kappa shape index (κ3) is 3.94. The van der Waals surface area contributed by atoms with Gasteiger partial charge in [-0.15, -0.1) is 0 Å². The summed E-state index contributed by atoms with van der Waals surface area (Å²) < 4.78 is 37.6. The van der Waals surface area contributed by atoms with E-state index >= 15 is 0 Å². The molecule has 1 aliphatic rings. The Morgan fingerprint density at radius 2 is 2.00 bits per heavy atom. The number of hydrogen-bond acceptors (Lipinski definition) is 6. The van der Waals surface area contributed by atoms with Crippen molar-refractivity contribution >= 4 is 16.0 Å². The van der Waals surface area contributed by atoms with Gasteiger partial charge in [0.1, 0.15) is 23.9 Å². The van der Waals surface area contributed by atoms with E-state index < -0.39 is 16.0 Å². The summed E-state index contributed by atoms with van der Waals surface area (Å²) in [6.45, 7) is 4.16. The summed E-state index contributed by atoms with van der Waals surface area (Å²) in [7, 11) is -2.38. The van der Waals surface area contributed by atoms with Crippen molar-refractivity contribution in [2.75, 3.05) is 33.3 Å². The number of aryl methyl sites for hydroxylation is 1. The van der Waals surface area contributed by atoms with Crippen LogP contribution in [0.1, 0.15) is 27.4 Å². The summed E-state index contributed by atoms with van der Waals surface area (Å²) in [5.41, 5.74) is 0.560. The van der Waals surface area contributed by atoms with Crippen molar-refractivity contribution in [1.82, 2.24) is 4.31 Å². The Labute approximate surface area is 164 Å². The number of nitriles is 1. The minimum Gasteiger partial charge on any atom is -0.465 e. The topological polar surface area (TPSA) is 105 Å². The Morgan fingerprint density at radius 3 is 2.64 bits per heavy atom. The molecular weight excluding hydrogens is 382 g/mol. The van der Waals surface area contributed by atoms with Crippen LogP contribution in [0.15, 0.2) is 39.6 Å². The minimum atomic E-state index is -3.71. The van der Waals surface area contributed by atoms with Gasteiger partial charge in [-0.2, -0.15) is 9.57 Å². The number of hydrogen-bond donors (Lipinski definition) is 1. The van der Waals surface area contributed by atoms with Crippen LogP contribution < -0.4 is 4.90 Å². The summed E-state index contributed by atoms with van der Waals surface area (Å²) in [6, 6.07) is 9.86. The standard InChI is InChI=1S/C19H21N3O5S/c1-14-17(19(23)26-2)11-16(27-14)13-21-7-9-22(10-8-21)28(24,25)18-6-4-3-5-15(18)12-20/h3-6,11H,7-10,13H2,1-2H3/p+1. The highest BCUT2D eigenvalue weighted by Gasteiger charge is 2.32. The van der Waals surface area contributed by atoms with E-state index in [2.05, 4.69) is 0 Å². The summed E-state index contributed by atoms with van der Waals surface area (Å²) in [5.74, 6) is 0.740. The molecule has 0 saturated carbocycles. The number of carbonyl (C=O) groups is 1. The molecule has 0 unspecified atom stereocenters. The number of nitrogens with one attached hydrogen (secondary N) is 1. The molecule has 8 nitrogen and oxygen atoms in total. The maximum Gasteiger partial charge on any atom is 0.341 e. The minimum absolute atomic E-state index is 0.0466. The molecule has 1 aromatic heterocycles. The van der Waals surface area contributed by atoms with E-state index in [0.29, 0.717) is 49.8 Å². The Morgan fingerprint density at radius 1 is 1.32 bits per heavy atom. The number of ether oxygens (including phenoxy) is 1. The second kappa shape index (κ2) is 8.14. The molecule has 9 heteroatoms. The lowest BCUT2D eigenvalue weighted by Crippen LogP contribution is -3.13. The van der Waals surface area contributed by atoms with E-state index in [1.54, 1.807) is 25.1 Å². The molecule has 1 N–H and O–H groups in total. The largest absolute Gasteiger partial charge is 0.465 e. The molecule has 1 aliphatic heterocycles.